The summed E-state index contributed by atoms with van der Waals surface area (Å²) in [6, 6.07) is 0.392. The molecule has 0 radical (unpaired) electrons. The van der Waals surface area contributed by atoms with E-state index in [-0.39, 0.29) is 0 Å². The van der Waals surface area contributed by atoms with Crippen molar-refractivity contribution in [1.29, 1.82) is 0 Å². The third-order valence-corrected chi connectivity index (χ3v) is 1.97. The maximum absolute atomic E-state index is 5.72. The Labute approximate surface area is 51.3 Å². The molecule has 1 rings (SSSR count). The van der Waals surface area contributed by atoms with E-state index in [4.69, 9.17) is 5.73 Å². The third-order valence-electron chi connectivity index (χ3n) is 1.97. The highest BCUT2D eigenvalue weighted by Crippen LogP contribution is 2.21. The van der Waals surface area contributed by atoms with Crippen LogP contribution in [0.25, 0.3) is 0 Å². The summed E-state index contributed by atoms with van der Waals surface area (Å²) in [6.07, 6.45) is 5.07. The van der Waals surface area contributed by atoms with Gasteiger partial charge >= 0.3 is 0 Å². The first kappa shape index (κ1) is 5.96. The molecule has 0 saturated heterocycles. The number of rotatable bonds is 0. The van der Waals surface area contributed by atoms with Crippen molar-refractivity contribution in [2.45, 2.75) is 31.7 Å². The van der Waals surface area contributed by atoms with Crippen molar-refractivity contribution in [3.8, 4) is 0 Å². The number of hydrogen-bond acceptors (Lipinski definition) is 1. The quantitative estimate of drug-likeness (QED) is 0.470. The van der Waals surface area contributed by atoms with E-state index < -0.39 is 0 Å². The van der Waals surface area contributed by atoms with Crippen molar-refractivity contribution in [2.75, 3.05) is 0 Å². The first-order valence-corrected chi connectivity index (χ1v) is 3.39. The Balaban J connectivity index is 2.28. The average molecular weight is 112 g/mol. The molecule has 1 saturated carbocycles. The zero-order chi connectivity index (χ0) is 5.98. The summed E-state index contributed by atoms with van der Waals surface area (Å²) in [5.74, 6) is 0.531. The molecule has 1 heteroatoms. The summed E-state index contributed by atoms with van der Waals surface area (Å²) in [7, 11) is 0. The molecule has 8 heavy (non-hydrogen) atoms. The fourth-order valence-electron chi connectivity index (χ4n) is 1.24. The van der Waals surface area contributed by atoms with E-state index in [1.54, 1.807) is 0 Å². The Morgan fingerprint density at radius 2 is 1.88 bits per heavy atom. The van der Waals surface area contributed by atoms with E-state index in [1.165, 1.54) is 25.7 Å². The van der Waals surface area contributed by atoms with Gasteiger partial charge < -0.3 is 5.73 Å². The lowest BCUT2D eigenvalue weighted by Gasteiger charge is -2.19. The molecule has 0 aromatic heterocycles. The predicted molar refractivity (Wildman–Crippen MR) is 35.3 cm³/mol. The molecular weight excluding hydrogens is 98.1 g/mol. The lowest BCUT2D eigenvalue weighted by molar-refractivity contribution is 0.359. The van der Waals surface area contributed by atoms with Gasteiger partial charge in [-0.1, -0.05) is 6.42 Å². The van der Waals surface area contributed by atoms with Crippen molar-refractivity contribution < 1.29 is 0 Å². The standard InChI is InChI=1S/C7H14N/c1-6-4-2-3-5-7(6)8/h6-7H,1-5,8H2/q+1/t6-,7?/m0/s1. The predicted octanol–water partition coefficient (Wildman–Crippen LogP) is 1.34. The van der Waals surface area contributed by atoms with Crippen LogP contribution < -0.4 is 5.73 Å². The lowest BCUT2D eigenvalue weighted by Crippen LogP contribution is -2.30. The highest BCUT2D eigenvalue weighted by Gasteiger charge is 2.21. The minimum Gasteiger partial charge on any atom is -0.324 e. The van der Waals surface area contributed by atoms with Gasteiger partial charge in [-0.3, -0.25) is 0 Å². The van der Waals surface area contributed by atoms with Gasteiger partial charge in [0.1, 0.15) is 5.92 Å². The van der Waals surface area contributed by atoms with Crippen LogP contribution in [-0.2, 0) is 0 Å². The lowest BCUT2D eigenvalue weighted by atomic mass is 9.87. The summed E-state index contributed by atoms with van der Waals surface area (Å²) in [4.78, 5) is 0. The van der Waals surface area contributed by atoms with Gasteiger partial charge in [0.05, 0.1) is 6.92 Å². The Bertz CT molecular complexity index is 60.8. The molecule has 1 fully saturated rings. The van der Waals surface area contributed by atoms with E-state index >= 15 is 0 Å². The third kappa shape index (κ3) is 1.16. The molecule has 1 aliphatic carbocycles. The topological polar surface area (TPSA) is 26.0 Å². The minimum atomic E-state index is 0.392. The molecule has 0 bridgehead atoms. The molecule has 0 aromatic carbocycles. The van der Waals surface area contributed by atoms with Crippen LogP contribution in [0, 0.1) is 12.8 Å². The van der Waals surface area contributed by atoms with Crippen LogP contribution >= 0.6 is 0 Å². The van der Waals surface area contributed by atoms with Crippen LogP contribution in [0.3, 0.4) is 0 Å². The first-order valence-electron chi connectivity index (χ1n) is 3.39. The van der Waals surface area contributed by atoms with Gasteiger partial charge in [0.25, 0.3) is 0 Å². The number of nitrogens with two attached hydrogens (primary N) is 1. The van der Waals surface area contributed by atoms with Crippen LogP contribution in [0.5, 0.6) is 0 Å². The molecule has 1 unspecified atom stereocenters. The van der Waals surface area contributed by atoms with Gasteiger partial charge in [-0.2, -0.15) is 0 Å². The van der Waals surface area contributed by atoms with E-state index in [2.05, 4.69) is 6.92 Å². The highest BCUT2D eigenvalue weighted by molar-refractivity contribution is 4.78. The van der Waals surface area contributed by atoms with Gasteiger partial charge in [-0.05, 0) is 19.3 Å². The van der Waals surface area contributed by atoms with Gasteiger partial charge in [0.15, 0.2) is 0 Å². The van der Waals surface area contributed by atoms with Crippen LogP contribution in [0.2, 0.25) is 0 Å². The largest absolute Gasteiger partial charge is 0.324 e. The van der Waals surface area contributed by atoms with Crippen molar-refractivity contribution in [3.05, 3.63) is 6.92 Å². The molecule has 2 N–H and O–H groups in total. The van der Waals surface area contributed by atoms with E-state index in [0.717, 1.165) is 0 Å². The summed E-state index contributed by atoms with van der Waals surface area (Å²) in [5.41, 5.74) is 5.72. The Kier molecular flexibility index (Phi) is 1.79. The van der Waals surface area contributed by atoms with Gasteiger partial charge in [0.2, 0.25) is 0 Å². The van der Waals surface area contributed by atoms with Crippen LogP contribution in [0.15, 0.2) is 0 Å². The molecule has 0 aliphatic heterocycles. The van der Waals surface area contributed by atoms with Crippen LogP contribution in [0.4, 0.5) is 0 Å². The monoisotopic (exact) mass is 112 g/mol. The maximum Gasteiger partial charge on any atom is 0.110 e. The Morgan fingerprint density at radius 3 is 2.25 bits per heavy atom. The van der Waals surface area contributed by atoms with Crippen LogP contribution in [0.1, 0.15) is 25.7 Å². The van der Waals surface area contributed by atoms with Gasteiger partial charge in [-0.25, -0.2) is 0 Å². The normalized spacial score (nSPS) is 39.6. The minimum absolute atomic E-state index is 0.392. The molecule has 0 aromatic rings. The van der Waals surface area contributed by atoms with E-state index in [9.17, 15) is 0 Å². The molecular formula is C7H14N+. The Morgan fingerprint density at radius 1 is 1.25 bits per heavy atom. The maximum atomic E-state index is 5.72. The zero-order valence-corrected chi connectivity index (χ0v) is 5.27. The summed E-state index contributed by atoms with van der Waals surface area (Å²) in [6.45, 7) is 3.95. The Hall–Kier alpha value is -0.170. The zero-order valence-electron chi connectivity index (χ0n) is 5.27. The summed E-state index contributed by atoms with van der Waals surface area (Å²) >= 11 is 0. The smallest absolute Gasteiger partial charge is 0.110 e. The second kappa shape index (κ2) is 2.40. The molecule has 1 aliphatic rings. The van der Waals surface area contributed by atoms with Crippen LogP contribution in [-0.4, -0.2) is 6.04 Å². The van der Waals surface area contributed by atoms with Crippen molar-refractivity contribution >= 4 is 0 Å². The molecule has 46 valence electrons. The second-order valence-electron chi connectivity index (χ2n) is 2.71. The molecule has 0 spiro atoms. The fourth-order valence-corrected chi connectivity index (χ4v) is 1.24. The van der Waals surface area contributed by atoms with Gasteiger partial charge in [-0.15, -0.1) is 0 Å². The SMILES string of the molecule is [CH2+][C@H]1CCCCC1N. The molecule has 0 amide bonds. The molecule has 2 atom stereocenters. The molecule has 1 nitrogen and oxygen atoms in total. The second-order valence-corrected chi connectivity index (χ2v) is 2.71. The van der Waals surface area contributed by atoms with E-state index in [1.807, 2.05) is 0 Å². The average Bonchev–Trinajstić information content (AvgIpc) is 1.77. The summed E-state index contributed by atoms with van der Waals surface area (Å²) in [5, 5.41) is 0. The highest BCUT2D eigenvalue weighted by atomic mass is 14.6. The van der Waals surface area contributed by atoms with E-state index in [0.29, 0.717) is 12.0 Å². The summed E-state index contributed by atoms with van der Waals surface area (Å²) < 4.78 is 0. The number of hydrogen-bond donors (Lipinski definition) is 1. The first-order chi connectivity index (χ1) is 3.80. The van der Waals surface area contributed by atoms with Crippen molar-refractivity contribution in [1.82, 2.24) is 0 Å². The van der Waals surface area contributed by atoms with Crippen molar-refractivity contribution in [2.24, 2.45) is 11.7 Å². The molecule has 0 heterocycles. The fraction of sp³-hybridized carbons (Fsp3) is 0.857. The van der Waals surface area contributed by atoms with Gasteiger partial charge in [0, 0.05) is 6.04 Å². The van der Waals surface area contributed by atoms with Crippen molar-refractivity contribution in [3.63, 3.8) is 0 Å².